The lowest BCUT2D eigenvalue weighted by atomic mass is 10.0. The lowest BCUT2D eigenvalue weighted by Crippen LogP contribution is -2.08. The summed E-state index contributed by atoms with van der Waals surface area (Å²) in [4.78, 5) is 0. The van der Waals surface area contributed by atoms with Crippen molar-refractivity contribution in [3.63, 3.8) is 0 Å². The zero-order chi connectivity index (χ0) is 13.5. The van der Waals surface area contributed by atoms with E-state index in [0.717, 1.165) is 12.1 Å². The quantitative estimate of drug-likeness (QED) is 0.773. The fourth-order valence-corrected chi connectivity index (χ4v) is 1.59. The van der Waals surface area contributed by atoms with Crippen molar-refractivity contribution >= 4 is 5.82 Å². The Morgan fingerprint density at radius 2 is 1.94 bits per heavy atom. The maximum atomic E-state index is 13.1. The highest BCUT2D eigenvalue weighted by atomic mass is 19.4. The standard InChI is InChI=1S/C11H9F4N3/c1-5-9(17-18-10(5)16)6-2-3-8(12)7(4-6)11(13,14)15/h2-4H,1H3,(H3,16,17,18). The van der Waals surface area contributed by atoms with Gasteiger partial charge in [0.15, 0.2) is 0 Å². The average Bonchev–Trinajstić information content (AvgIpc) is 2.59. The molecule has 0 fully saturated rings. The minimum atomic E-state index is -4.74. The second kappa shape index (κ2) is 4.01. The van der Waals surface area contributed by atoms with E-state index in [1.807, 2.05) is 0 Å². The average molecular weight is 259 g/mol. The first-order chi connectivity index (χ1) is 8.30. The van der Waals surface area contributed by atoms with Crippen LogP contribution in [0.5, 0.6) is 0 Å². The van der Waals surface area contributed by atoms with E-state index in [2.05, 4.69) is 10.2 Å². The van der Waals surface area contributed by atoms with Gasteiger partial charge in [-0.3, -0.25) is 5.10 Å². The molecule has 0 atom stereocenters. The molecular weight excluding hydrogens is 250 g/mol. The number of H-pyrrole nitrogens is 1. The number of nitrogens with zero attached hydrogens (tertiary/aromatic N) is 1. The van der Waals surface area contributed by atoms with Crippen molar-refractivity contribution in [3.8, 4) is 11.3 Å². The second-order valence-corrected chi connectivity index (χ2v) is 3.80. The summed E-state index contributed by atoms with van der Waals surface area (Å²) >= 11 is 0. The molecule has 2 aromatic rings. The molecule has 0 amide bonds. The number of aromatic amines is 1. The summed E-state index contributed by atoms with van der Waals surface area (Å²) in [5.74, 6) is -1.11. The molecule has 1 aromatic carbocycles. The number of halogens is 4. The molecule has 7 heteroatoms. The van der Waals surface area contributed by atoms with Gasteiger partial charge in [0.1, 0.15) is 11.6 Å². The number of aromatic nitrogens is 2. The number of rotatable bonds is 1. The number of nitrogens with one attached hydrogen (secondary N) is 1. The third kappa shape index (κ3) is 2.03. The Hall–Kier alpha value is -2.05. The van der Waals surface area contributed by atoms with E-state index < -0.39 is 17.6 Å². The molecule has 0 aliphatic heterocycles. The lowest BCUT2D eigenvalue weighted by Gasteiger charge is -2.09. The molecule has 2 rings (SSSR count). The Kier molecular flexibility index (Phi) is 2.76. The predicted molar refractivity (Wildman–Crippen MR) is 58.1 cm³/mol. The van der Waals surface area contributed by atoms with E-state index in [1.54, 1.807) is 6.92 Å². The van der Waals surface area contributed by atoms with Gasteiger partial charge in [0.2, 0.25) is 0 Å². The molecule has 0 bridgehead atoms. The number of hydrogen-bond donors (Lipinski definition) is 2. The smallest absolute Gasteiger partial charge is 0.382 e. The minimum Gasteiger partial charge on any atom is -0.382 e. The number of benzene rings is 1. The van der Waals surface area contributed by atoms with Crippen LogP contribution in [-0.4, -0.2) is 10.2 Å². The Morgan fingerprint density at radius 1 is 1.28 bits per heavy atom. The second-order valence-electron chi connectivity index (χ2n) is 3.80. The highest BCUT2D eigenvalue weighted by Gasteiger charge is 2.34. The van der Waals surface area contributed by atoms with E-state index in [4.69, 9.17) is 5.73 Å². The van der Waals surface area contributed by atoms with Gasteiger partial charge < -0.3 is 5.73 Å². The Labute approximate surface area is 99.6 Å². The summed E-state index contributed by atoms with van der Waals surface area (Å²) < 4.78 is 50.8. The van der Waals surface area contributed by atoms with E-state index in [0.29, 0.717) is 11.3 Å². The Bertz CT molecular complexity index is 586. The molecular formula is C11H9F4N3. The van der Waals surface area contributed by atoms with Crippen molar-refractivity contribution in [3.05, 3.63) is 35.1 Å². The van der Waals surface area contributed by atoms with Gasteiger partial charge >= 0.3 is 6.18 Å². The maximum absolute atomic E-state index is 13.1. The van der Waals surface area contributed by atoms with Crippen LogP contribution < -0.4 is 5.73 Å². The molecule has 3 nitrogen and oxygen atoms in total. The summed E-state index contributed by atoms with van der Waals surface area (Å²) in [6.45, 7) is 1.62. The van der Waals surface area contributed by atoms with Crippen molar-refractivity contribution < 1.29 is 17.6 Å². The maximum Gasteiger partial charge on any atom is 0.419 e. The van der Waals surface area contributed by atoms with Crippen LogP contribution in [-0.2, 0) is 6.18 Å². The van der Waals surface area contributed by atoms with Crippen molar-refractivity contribution in [2.45, 2.75) is 13.1 Å². The van der Waals surface area contributed by atoms with Gasteiger partial charge in [0, 0.05) is 11.1 Å². The van der Waals surface area contributed by atoms with E-state index in [1.165, 1.54) is 6.07 Å². The van der Waals surface area contributed by atoms with E-state index >= 15 is 0 Å². The highest BCUT2D eigenvalue weighted by Crippen LogP contribution is 2.34. The van der Waals surface area contributed by atoms with Crippen molar-refractivity contribution in [2.75, 3.05) is 5.73 Å². The largest absolute Gasteiger partial charge is 0.419 e. The summed E-state index contributed by atoms with van der Waals surface area (Å²) in [6, 6.07) is 2.74. The predicted octanol–water partition coefficient (Wildman–Crippen LogP) is 3.13. The van der Waals surface area contributed by atoms with Gasteiger partial charge in [-0.25, -0.2) is 4.39 Å². The number of alkyl halides is 3. The number of anilines is 1. The third-order valence-corrected chi connectivity index (χ3v) is 2.61. The molecule has 0 spiro atoms. The lowest BCUT2D eigenvalue weighted by molar-refractivity contribution is -0.139. The number of nitrogen functional groups attached to an aromatic ring is 1. The molecule has 3 N–H and O–H groups in total. The fraction of sp³-hybridized carbons (Fsp3) is 0.182. The van der Waals surface area contributed by atoms with Gasteiger partial charge in [0.05, 0.1) is 11.3 Å². The Morgan fingerprint density at radius 3 is 2.44 bits per heavy atom. The van der Waals surface area contributed by atoms with Crippen LogP contribution >= 0.6 is 0 Å². The van der Waals surface area contributed by atoms with Gasteiger partial charge in [0.25, 0.3) is 0 Å². The number of nitrogens with two attached hydrogens (primary N) is 1. The van der Waals surface area contributed by atoms with Crippen molar-refractivity contribution in [2.24, 2.45) is 0 Å². The number of hydrogen-bond acceptors (Lipinski definition) is 2. The van der Waals surface area contributed by atoms with Gasteiger partial charge in [-0.1, -0.05) is 0 Å². The minimum absolute atomic E-state index is 0.186. The molecule has 1 heterocycles. The SMILES string of the molecule is Cc1c(N)n[nH]c1-c1ccc(F)c(C(F)(F)F)c1. The van der Waals surface area contributed by atoms with Crippen LogP contribution in [0.15, 0.2) is 18.2 Å². The summed E-state index contributed by atoms with van der Waals surface area (Å²) in [5, 5.41) is 6.21. The van der Waals surface area contributed by atoms with E-state index in [9.17, 15) is 17.6 Å². The summed E-state index contributed by atoms with van der Waals surface area (Å²) in [6.07, 6.45) is -4.74. The first-order valence-corrected chi connectivity index (χ1v) is 4.98. The van der Waals surface area contributed by atoms with Crippen LogP contribution in [0.4, 0.5) is 23.4 Å². The van der Waals surface area contributed by atoms with Crippen LogP contribution in [0.2, 0.25) is 0 Å². The fourth-order valence-electron chi connectivity index (χ4n) is 1.59. The third-order valence-electron chi connectivity index (χ3n) is 2.61. The van der Waals surface area contributed by atoms with Crippen molar-refractivity contribution in [1.82, 2.24) is 10.2 Å². The normalized spacial score (nSPS) is 11.8. The molecule has 0 saturated heterocycles. The van der Waals surface area contributed by atoms with E-state index in [-0.39, 0.29) is 11.4 Å². The molecule has 96 valence electrons. The van der Waals surface area contributed by atoms with Gasteiger partial charge in [-0.05, 0) is 25.1 Å². The van der Waals surface area contributed by atoms with Crippen molar-refractivity contribution in [1.29, 1.82) is 0 Å². The topological polar surface area (TPSA) is 54.7 Å². The zero-order valence-electron chi connectivity index (χ0n) is 9.27. The molecule has 0 aliphatic rings. The monoisotopic (exact) mass is 259 g/mol. The first kappa shape index (κ1) is 12.4. The molecule has 0 unspecified atom stereocenters. The molecule has 0 saturated carbocycles. The first-order valence-electron chi connectivity index (χ1n) is 4.98. The summed E-state index contributed by atoms with van der Waals surface area (Å²) in [7, 11) is 0. The molecule has 0 radical (unpaired) electrons. The van der Waals surface area contributed by atoms with Crippen LogP contribution in [0.3, 0.4) is 0 Å². The van der Waals surface area contributed by atoms with Gasteiger partial charge in [-0.15, -0.1) is 0 Å². The van der Waals surface area contributed by atoms with Crippen LogP contribution in [0.25, 0.3) is 11.3 Å². The Balaban J connectivity index is 2.58. The zero-order valence-corrected chi connectivity index (χ0v) is 9.27. The van der Waals surface area contributed by atoms with Crippen LogP contribution in [0.1, 0.15) is 11.1 Å². The summed E-state index contributed by atoms with van der Waals surface area (Å²) in [5.41, 5.74) is 5.23. The molecule has 0 aliphatic carbocycles. The molecule has 1 aromatic heterocycles. The highest BCUT2D eigenvalue weighted by molar-refractivity contribution is 5.68. The van der Waals surface area contributed by atoms with Crippen LogP contribution in [0, 0.1) is 12.7 Å². The molecule has 18 heavy (non-hydrogen) atoms. The van der Waals surface area contributed by atoms with Gasteiger partial charge in [-0.2, -0.15) is 18.3 Å².